The number of amides is 1. The van der Waals surface area contributed by atoms with Crippen molar-refractivity contribution >= 4 is 5.91 Å². The van der Waals surface area contributed by atoms with Gasteiger partial charge in [0.25, 0.3) is 0 Å². The van der Waals surface area contributed by atoms with E-state index < -0.39 is 0 Å². The van der Waals surface area contributed by atoms with Crippen molar-refractivity contribution in [3.8, 4) is 0 Å². The molecular weight excluding hydrogens is 230 g/mol. The van der Waals surface area contributed by atoms with E-state index in [0.717, 1.165) is 5.82 Å². The van der Waals surface area contributed by atoms with Crippen molar-refractivity contribution in [2.24, 2.45) is 18.2 Å². The van der Waals surface area contributed by atoms with Crippen LogP contribution >= 0.6 is 0 Å². The highest BCUT2D eigenvalue weighted by Gasteiger charge is 2.24. The van der Waals surface area contributed by atoms with Gasteiger partial charge in [0.1, 0.15) is 6.33 Å². The maximum absolute atomic E-state index is 11.9. The molecule has 0 aliphatic rings. The molecule has 0 fully saturated rings. The lowest BCUT2D eigenvalue weighted by molar-refractivity contribution is -0.122. The van der Waals surface area contributed by atoms with Gasteiger partial charge >= 0.3 is 0 Å². The highest BCUT2D eigenvalue weighted by molar-refractivity contribution is 5.77. The minimum atomic E-state index is -0.169. The Balaban J connectivity index is 2.53. The Bertz CT molecular complexity index is 407. The van der Waals surface area contributed by atoms with Gasteiger partial charge in [0.2, 0.25) is 5.91 Å². The molecule has 2 atom stereocenters. The zero-order valence-electron chi connectivity index (χ0n) is 11.8. The van der Waals surface area contributed by atoms with E-state index in [0.29, 0.717) is 6.42 Å². The highest BCUT2D eigenvalue weighted by atomic mass is 16.1. The molecule has 1 aromatic heterocycles. The number of hydrogen-bond acceptors (Lipinski definition) is 4. The zero-order chi connectivity index (χ0) is 13.9. The van der Waals surface area contributed by atoms with Crippen LogP contribution in [-0.4, -0.2) is 26.7 Å². The van der Waals surface area contributed by atoms with Crippen LogP contribution in [0.1, 0.15) is 46.0 Å². The first kappa shape index (κ1) is 14.6. The molecule has 102 valence electrons. The quantitative estimate of drug-likeness (QED) is 0.829. The van der Waals surface area contributed by atoms with Crippen molar-refractivity contribution in [3.05, 3.63) is 12.2 Å². The Morgan fingerprint density at radius 1 is 1.56 bits per heavy atom. The minimum Gasteiger partial charge on any atom is -0.346 e. The van der Waals surface area contributed by atoms with E-state index in [1.165, 1.54) is 0 Å². The summed E-state index contributed by atoms with van der Waals surface area (Å²) < 4.78 is 1.79. The lowest BCUT2D eigenvalue weighted by atomic mass is 9.85. The molecule has 0 aliphatic heterocycles. The molecule has 0 saturated heterocycles. The lowest BCUT2D eigenvalue weighted by Gasteiger charge is -2.27. The monoisotopic (exact) mass is 253 g/mol. The molecular formula is C12H23N5O. The van der Waals surface area contributed by atoms with E-state index in [4.69, 9.17) is 5.73 Å². The van der Waals surface area contributed by atoms with Gasteiger partial charge in [0, 0.05) is 19.5 Å². The third-order valence-electron chi connectivity index (χ3n) is 3.03. The van der Waals surface area contributed by atoms with Gasteiger partial charge in [-0.3, -0.25) is 4.79 Å². The second-order valence-electron chi connectivity index (χ2n) is 5.77. The van der Waals surface area contributed by atoms with E-state index in [1.807, 2.05) is 34.7 Å². The Kier molecular flexibility index (Phi) is 4.45. The summed E-state index contributed by atoms with van der Waals surface area (Å²) in [5.41, 5.74) is 5.90. The molecule has 1 heterocycles. The van der Waals surface area contributed by atoms with Gasteiger partial charge in [-0.25, -0.2) is 0 Å². The molecule has 0 spiro atoms. The first-order valence-electron chi connectivity index (χ1n) is 6.10. The summed E-state index contributed by atoms with van der Waals surface area (Å²) in [5, 5.41) is 10.6. The fourth-order valence-electron chi connectivity index (χ4n) is 1.56. The van der Waals surface area contributed by atoms with E-state index in [-0.39, 0.29) is 23.4 Å². The topological polar surface area (TPSA) is 85.8 Å². The maximum atomic E-state index is 11.9. The fraction of sp³-hybridized carbons (Fsp3) is 0.750. The normalized spacial score (nSPS) is 15.2. The molecule has 6 heteroatoms. The number of rotatable bonds is 4. The van der Waals surface area contributed by atoms with Crippen molar-refractivity contribution in [2.45, 2.75) is 46.2 Å². The van der Waals surface area contributed by atoms with Gasteiger partial charge in [-0.05, 0) is 12.3 Å². The van der Waals surface area contributed by atoms with Gasteiger partial charge in [-0.15, -0.1) is 10.2 Å². The molecule has 0 bridgehead atoms. The Morgan fingerprint density at radius 2 is 2.17 bits per heavy atom. The second kappa shape index (κ2) is 5.48. The first-order valence-corrected chi connectivity index (χ1v) is 6.10. The van der Waals surface area contributed by atoms with Crippen molar-refractivity contribution in [2.75, 3.05) is 0 Å². The molecule has 0 aromatic carbocycles. The molecule has 18 heavy (non-hydrogen) atoms. The Morgan fingerprint density at radius 3 is 2.61 bits per heavy atom. The number of nitrogens with zero attached hydrogens (tertiary/aromatic N) is 3. The van der Waals surface area contributed by atoms with Gasteiger partial charge < -0.3 is 15.6 Å². The van der Waals surface area contributed by atoms with Crippen molar-refractivity contribution in [3.63, 3.8) is 0 Å². The smallest absolute Gasteiger partial charge is 0.222 e. The first-order chi connectivity index (χ1) is 8.21. The van der Waals surface area contributed by atoms with Crippen LogP contribution in [-0.2, 0) is 11.8 Å². The number of carbonyl (C=O) groups is 1. The van der Waals surface area contributed by atoms with Crippen molar-refractivity contribution in [1.29, 1.82) is 0 Å². The summed E-state index contributed by atoms with van der Waals surface area (Å²) in [5.74, 6) is 0.667. The van der Waals surface area contributed by atoms with Crippen molar-refractivity contribution in [1.82, 2.24) is 20.1 Å². The van der Waals surface area contributed by atoms with Crippen LogP contribution in [0.4, 0.5) is 0 Å². The third kappa shape index (κ3) is 3.80. The molecule has 0 radical (unpaired) electrons. The molecule has 2 unspecified atom stereocenters. The van der Waals surface area contributed by atoms with Crippen LogP contribution in [0.3, 0.4) is 0 Å². The van der Waals surface area contributed by atoms with Crippen LogP contribution in [0.5, 0.6) is 0 Å². The third-order valence-corrected chi connectivity index (χ3v) is 3.03. The summed E-state index contributed by atoms with van der Waals surface area (Å²) in [7, 11) is 1.85. The van der Waals surface area contributed by atoms with Crippen LogP contribution in [0.15, 0.2) is 6.33 Å². The summed E-state index contributed by atoms with van der Waals surface area (Å²) in [6.45, 7) is 7.95. The molecule has 3 N–H and O–H groups in total. The summed E-state index contributed by atoms with van der Waals surface area (Å²) in [6.07, 6.45) is 1.92. The molecule has 1 aromatic rings. The highest BCUT2D eigenvalue weighted by Crippen LogP contribution is 2.20. The van der Waals surface area contributed by atoms with Gasteiger partial charge in [0.15, 0.2) is 5.82 Å². The Hall–Kier alpha value is -1.43. The van der Waals surface area contributed by atoms with E-state index in [2.05, 4.69) is 15.5 Å². The van der Waals surface area contributed by atoms with E-state index in [9.17, 15) is 4.79 Å². The minimum absolute atomic E-state index is 0.0621. The number of nitrogens with two attached hydrogens (primary N) is 1. The standard InChI is InChI=1S/C12H23N5O/c1-8(11-16-14-7-17(11)5)15-10(18)6-9(13)12(2,3)4/h7-9H,6,13H2,1-5H3,(H,15,18). The predicted molar refractivity (Wildman–Crippen MR) is 69.6 cm³/mol. The summed E-state index contributed by atoms with van der Waals surface area (Å²) in [4.78, 5) is 11.9. The fourth-order valence-corrected chi connectivity index (χ4v) is 1.56. The van der Waals surface area contributed by atoms with Gasteiger partial charge in [0.05, 0.1) is 6.04 Å². The van der Waals surface area contributed by atoms with Crippen LogP contribution in [0, 0.1) is 5.41 Å². The lowest BCUT2D eigenvalue weighted by Crippen LogP contribution is -2.40. The maximum Gasteiger partial charge on any atom is 0.222 e. The Labute approximate surface area is 108 Å². The van der Waals surface area contributed by atoms with Crippen LogP contribution in [0.25, 0.3) is 0 Å². The molecule has 0 aliphatic carbocycles. The number of nitrogens with one attached hydrogen (secondary N) is 1. The average Bonchev–Trinajstić information content (AvgIpc) is 2.62. The second-order valence-corrected chi connectivity index (χ2v) is 5.77. The number of hydrogen-bond donors (Lipinski definition) is 2. The predicted octanol–water partition coefficient (Wildman–Crippen LogP) is 0.756. The summed E-state index contributed by atoms with van der Waals surface area (Å²) >= 11 is 0. The van der Waals surface area contributed by atoms with Crippen LogP contribution in [0.2, 0.25) is 0 Å². The molecule has 0 saturated carbocycles. The zero-order valence-corrected chi connectivity index (χ0v) is 11.8. The summed E-state index contributed by atoms with van der Waals surface area (Å²) in [6, 6.07) is -0.332. The largest absolute Gasteiger partial charge is 0.346 e. The average molecular weight is 253 g/mol. The number of aryl methyl sites for hydroxylation is 1. The SMILES string of the molecule is CC(NC(=O)CC(N)C(C)(C)C)c1nncn1C. The molecule has 1 rings (SSSR count). The van der Waals surface area contributed by atoms with Crippen molar-refractivity contribution < 1.29 is 4.79 Å². The van der Waals surface area contributed by atoms with E-state index >= 15 is 0 Å². The van der Waals surface area contributed by atoms with Gasteiger partial charge in [-0.2, -0.15) is 0 Å². The number of carbonyl (C=O) groups excluding carboxylic acids is 1. The van der Waals surface area contributed by atoms with Crippen LogP contribution < -0.4 is 11.1 Å². The molecule has 6 nitrogen and oxygen atoms in total. The van der Waals surface area contributed by atoms with Gasteiger partial charge in [-0.1, -0.05) is 20.8 Å². The molecule has 1 amide bonds. The number of aromatic nitrogens is 3. The van der Waals surface area contributed by atoms with E-state index in [1.54, 1.807) is 10.9 Å².